The Bertz CT molecular complexity index is 605. The number of rotatable bonds is 2. The van der Waals surface area contributed by atoms with Crippen LogP contribution in [0, 0.1) is 5.92 Å². The number of nitrogens with zero attached hydrogens (tertiary/aromatic N) is 1. The van der Waals surface area contributed by atoms with Gasteiger partial charge in [-0.1, -0.05) is 0 Å². The summed E-state index contributed by atoms with van der Waals surface area (Å²) in [6, 6.07) is 3.60. The SMILES string of the molecule is COC(=O)C1CC(c2ccc(Br)s2)=NS(=O)(=O)C1. The van der Waals surface area contributed by atoms with E-state index in [1.807, 2.05) is 6.07 Å². The Labute approximate surface area is 117 Å². The van der Waals surface area contributed by atoms with Gasteiger partial charge < -0.3 is 4.74 Å². The lowest BCUT2D eigenvalue weighted by Gasteiger charge is -2.18. The quantitative estimate of drug-likeness (QED) is 0.761. The molecule has 0 bridgehead atoms. The highest BCUT2D eigenvalue weighted by Crippen LogP contribution is 2.28. The zero-order valence-corrected chi connectivity index (χ0v) is 12.6. The molecular formula is C10H10BrNO4S2. The van der Waals surface area contributed by atoms with Gasteiger partial charge in [0.2, 0.25) is 0 Å². The lowest BCUT2D eigenvalue weighted by atomic mass is 10.0. The largest absolute Gasteiger partial charge is 0.469 e. The van der Waals surface area contributed by atoms with Crippen molar-refractivity contribution in [2.45, 2.75) is 6.42 Å². The van der Waals surface area contributed by atoms with Crippen LogP contribution in [0.25, 0.3) is 0 Å². The molecule has 5 nitrogen and oxygen atoms in total. The summed E-state index contributed by atoms with van der Waals surface area (Å²) in [4.78, 5) is 12.2. The van der Waals surface area contributed by atoms with Gasteiger partial charge in [-0.3, -0.25) is 4.79 Å². The molecule has 0 saturated heterocycles. The molecule has 1 aliphatic rings. The van der Waals surface area contributed by atoms with Crippen molar-refractivity contribution in [1.82, 2.24) is 0 Å². The summed E-state index contributed by atoms with van der Waals surface area (Å²) in [6.45, 7) is 0. The Morgan fingerprint density at radius 2 is 2.28 bits per heavy atom. The Balaban J connectivity index is 2.36. The summed E-state index contributed by atoms with van der Waals surface area (Å²) in [5, 5.41) is 0. The molecule has 0 N–H and O–H groups in total. The lowest BCUT2D eigenvalue weighted by molar-refractivity contribution is -0.144. The number of ether oxygens (including phenoxy) is 1. The van der Waals surface area contributed by atoms with Gasteiger partial charge in [0.25, 0.3) is 10.0 Å². The maximum absolute atomic E-state index is 11.7. The van der Waals surface area contributed by atoms with Gasteiger partial charge in [0, 0.05) is 6.42 Å². The minimum atomic E-state index is -3.60. The molecule has 98 valence electrons. The summed E-state index contributed by atoms with van der Waals surface area (Å²) in [5.41, 5.74) is 0.423. The van der Waals surface area contributed by atoms with Crippen molar-refractivity contribution in [2.75, 3.05) is 12.9 Å². The van der Waals surface area contributed by atoms with Gasteiger partial charge in [0.05, 0.1) is 33.2 Å². The number of carbonyl (C=O) groups is 1. The smallest absolute Gasteiger partial charge is 0.310 e. The molecule has 0 amide bonds. The molecule has 1 aromatic heterocycles. The second kappa shape index (κ2) is 5.10. The van der Waals surface area contributed by atoms with Crippen LogP contribution in [0.15, 0.2) is 20.3 Å². The Morgan fingerprint density at radius 3 is 2.83 bits per heavy atom. The number of thiophene rings is 1. The van der Waals surface area contributed by atoms with Crippen LogP contribution in [0.2, 0.25) is 0 Å². The standard InChI is InChI=1S/C10H10BrNO4S2/c1-16-10(13)6-4-7(12-18(14,15)5-6)8-2-3-9(11)17-8/h2-3,6H,4-5H2,1H3. The van der Waals surface area contributed by atoms with Gasteiger partial charge in [-0.25, -0.2) is 8.42 Å². The van der Waals surface area contributed by atoms with E-state index in [4.69, 9.17) is 0 Å². The van der Waals surface area contributed by atoms with E-state index in [-0.39, 0.29) is 5.75 Å². The van der Waals surface area contributed by atoms with Crippen LogP contribution in [0.5, 0.6) is 0 Å². The summed E-state index contributed by atoms with van der Waals surface area (Å²) in [6.07, 6.45) is 0.291. The van der Waals surface area contributed by atoms with Crippen molar-refractivity contribution in [3.63, 3.8) is 0 Å². The van der Waals surface area contributed by atoms with Crippen molar-refractivity contribution in [1.29, 1.82) is 0 Å². The second-order valence-corrected chi connectivity index (χ2v) is 7.96. The van der Waals surface area contributed by atoms with Gasteiger partial charge in [0.1, 0.15) is 0 Å². The zero-order valence-electron chi connectivity index (χ0n) is 9.42. The van der Waals surface area contributed by atoms with Crippen LogP contribution in [0.4, 0.5) is 0 Å². The van der Waals surface area contributed by atoms with Crippen molar-refractivity contribution >= 4 is 49.0 Å². The Kier molecular flexibility index (Phi) is 3.88. The summed E-state index contributed by atoms with van der Waals surface area (Å²) >= 11 is 4.69. The van der Waals surface area contributed by atoms with E-state index in [1.165, 1.54) is 18.4 Å². The molecule has 1 unspecified atom stereocenters. The van der Waals surface area contributed by atoms with Gasteiger partial charge in [-0.15, -0.1) is 11.3 Å². The van der Waals surface area contributed by atoms with Crippen LogP contribution in [0.3, 0.4) is 0 Å². The fourth-order valence-corrected chi connectivity index (χ4v) is 4.51. The van der Waals surface area contributed by atoms with Gasteiger partial charge >= 0.3 is 5.97 Å². The van der Waals surface area contributed by atoms with Crippen molar-refractivity contribution in [3.05, 3.63) is 20.8 Å². The summed E-state index contributed by atoms with van der Waals surface area (Å²) < 4.78 is 32.6. The molecule has 0 aromatic carbocycles. The molecule has 18 heavy (non-hydrogen) atoms. The summed E-state index contributed by atoms with van der Waals surface area (Å²) in [7, 11) is -2.34. The first-order valence-electron chi connectivity index (χ1n) is 5.06. The molecule has 0 aliphatic carbocycles. The van der Waals surface area contributed by atoms with Crippen molar-refractivity contribution < 1.29 is 17.9 Å². The molecule has 1 atom stereocenters. The predicted molar refractivity (Wildman–Crippen MR) is 72.5 cm³/mol. The monoisotopic (exact) mass is 351 g/mol. The third-order valence-electron chi connectivity index (χ3n) is 2.49. The number of sulfonamides is 1. The highest BCUT2D eigenvalue weighted by molar-refractivity contribution is 9.11. The average Bonchev–Trinajstić information content (AvgIpc) is 2.72. The van der Waals surface area contributed by atoms with E-state index >= 15 is 0 Å². The van der Waals surface area contributed by atoms with Crippen LogP contribution in [-0.2, 0) is 19.6 Å². The van der Waals surface area contributed by atoms with Crippen LogP contribution in [0.1, 0.15) is 11.3 Å². The number of hydrogen-bond acceptors (Lipinski definition) is 5. The van der Waals surface area contributed by atoms with Gasteiger partial charge in [-0.2, -0.15) is 4.40 Å². The molecule has 1 aliphatic heterocycles. The number of hydrogen-bond donors (Lipinski definition) is 0. The van der Waals surface area contributed by atoms with Crippen molar-refractivity contribution in [3.8, 4) is 0 Å². The third kappa shape index (κ3) is 2.99. The molecule has 0 saturated carbocycles. The normalized spacial score (nSPS) is 22.3. The first-order chi connectivity index (χ1) is 8.41. The maximum atomic E-state index is 11.7. The number of methoxy groups -OCH3 is 1. The number of halogens is 1. The molecule has 0 spiro atoms. The maximum Gasteiger partial charge on any atom is 0.310 e. The van der Waals surface area contributed by atoms with Gasteiger partial charge in [-0.05, 0) is 28.1 Å². The van der Waals surface area contributed by atoms with E-state index in [0.29, 0.717) is 12.1 Å². The fourth-order valence-electron chi connectivity index (χ4n) is 1.72. The highest BCUT2D eigenvalue weighted by Gasteiger charge is 2.33. The third-order valence-corrected chi connectivity index (χ3v) is 5.49. The van der Waals surface area contributed by atoms with Gasteiger partial charge in [0.15, 0.2) is 0 Å². The zero-order chi connectivity index (χ0) is 13.3. The van der Waals surface area contributed by atoms with Crippen molar-refractivity contribution in [2.24, 2.45) is 10.3 Å². The van der Waals surface area contributed by atoms with Crippen LogP contribution < -0.4 is 0 Å². The molecule has 0 fully saturated rings. The van der Waals surface area contributed by atoms with E-state index in [0.717, 1.165) is 8.66 Å². The number of esters is 1. The molecule has 0 radical (unpaired) electrons. The predicted octanol–water partition coefficient (Wildman–Crippen LogP) is 1.82. The van der Waals surface area contributed by atoms with Crippen LogP contribution in [-0.4, -0.2) is 33.0 Å². The minimum Gasteiger partial charge on any atom is -0.469 e. The molecule has 2 heterocycles. The molecular weight excluding hydrogens is 342 g/mol. The lowest BCUT2D eigenvalue weighted by Crippen LogP contribution is -2.31. The first kappa shape index (κ1) is 13.7. The Hall–Kier alpha value is -0.730. The number of carbonyl (C=O) groups excluding carboxylic acids is 1. The first-order valence-corrected chi connectivity index (χ1v) is 8.28. The second-order valence-electron chi connectivity index (χ2n) is 3.81. The van der Waals surface area contributed by atoms with E-state index < -0.39 is 21.9 Å². The highest BCUT2D eigenvalue weighted by atomic mass is 79.9. The molecule has 1 aromatic rings. The van der Waals surface area contributed by atoms with Crippen LogP contribution >= 0.6 is 27.3 Å². The van der Waals surface area contributed by atoms with E-state index in [2.05, 4.69) is 25.1 Å². The topological polar surface area (TPSA) is 72.8 Å². The fraction of sp³-hybridized carbons (Fsp3) is 0.400. The average molecular weight is 352 g/mol. The Morgan fingerprint density at radius 1 is 1.56 bits per heavy atom. The van der Waals surface area contributed by atoms with E-state index in [9.17, 15) is 13.2 Å². The minimum absolute atomic E-state index is 0.282. The molecule has 2 rings (SSSR count). The summed E-state index contributed by atoms with van der Waals surface area (Å²) in [5.74, 6) is -1.47. The molecule has 8 heteroatoms. The van der Waals surface area contributed by atoms with E-state index in [1.54, 1.807) is 6.07 Å².